The van der Waals surface area contributed by atoms with E-state index in [4.69, 9.17) is 9.79 Å². The molecule has 0 radical (unpaired) electrons. The van der Waals surface area contributed by atoms with Crippen LogP contribution in [0.5, 0.6) is 0 Å². The van der Waals surface area contributed by atoms with E-state index in [1.165, 1.54) is 31.0 Å². The Balaban J connectivity index is 0.000000765. The highest BCUT2D eigenvalue weighted by atomic mass is 32.2. The molecule has 146 valence electrons. The summed E-state index contributed by atoms with van der Waals surface area (Å²) in [6.45, 7) is 4.36. The Morgan fingerprint density at radius 3 is 1.88 bits per heavy atom. The Morgan fingerprint density at radius 2 is 1.42 bits per heavy atom. The maximum absolute atomic E-state index is 12.3. The minimum atomic E-state index is -4.40. The van der Waals surface area contributed by atoms with Crippen LogP contribution in [-0.4, -0.2) is 23.8 Å². The predicted octanol–water partition coefficient (Wildman–Crippen LogP) is 3.50. The molecule has 0 aliphatic rings. The predicted molar refractivity (Wildman–Crippen MR) is 100 cm³/mol. The van der Waals surface area contributed by atoms with Crippen molar-refractivity contribution >= 4 is 37.1 Å². The summed E-state index contributed by atoms with van der Waals surface area (Å²) in [5, 5.41) is 1.39. The van der Waals surface area contributed by atoms with Crippen LogP contribution in [-0.2, 0) is 28.0 Å². The normalized spacial score (nSPS) is 14.9. The van der Waals surface area contributed by atoms with Crippen LogP contribution in [0.1, 0.15) is 26.7 Å². The number of hydrogen-bond acceptors (Lipinski definition) is 6. The van der Waals surface area contributed by atoms with Gasteiger partial charge in [0.05, 0.1) is 4.90 Å². The second-order valence-electron chi connectivity index (χ2n) is 5.11. The highest BCUT2D eigenvalue weighted by Crippen LogP contribution is 2.33. The van der Waals surface area contributed by atoms with Gasteiger partial charge >= 0.3 is 16.5 Å². The van der Waals surface area contributed by atoms with Gasteiger partial charge in [0.15, 0.2) is 0 Å². The lowest BCUT2D eigenvalue weighted by molar-refractivity contribution is 0.0683. The topological polar surface area (TPSA) is 127 Å². The molecule has 0 spiro atoms. The van der Waals surface area contributed by atoms with E-state index in [0.29, 0.717) is 5.39 Å². The summed E-state index contributed by atoms with van der Waals surface area (Å²) in [5.74, 6) is 0. The molecule has 2 aromatic carbocycles. The van der Waals surface area contributed by atoms with Crippen LogP contribution in [0.3, 0.4) is 0 Å². The zero-order valence-corrected chi connectivity index (χ0v) is 17.1. The smallest absolute Gasteiger partial charge is 0.319 e. The lowest BCUT2D eigenvalue weighted by Crippen LogP contribution is -2.23. The van der Waals surface area contributed by atoms with E-state index in [-0.39, 0.29) is 4.90 Å². The van der Waals surface area contributed by atoms with Crippen LogP contribution in [0.4, 0.5) is 0 Å². The zero-order valence-electron chi connectivity index (χ0n) is 14.3. The molecule has 2 unspecified atom stereocenters. The Bertz CT molecular complexity index is 851. The first-order valence-corrected chi connectivity index (χ1v) is 11.8. The number of rotatable bonds is 7. The lowest BCUT2D eigenvalue weighted by atomic mass is 10.1. The van der Waals surface area contributed by atoms with Gasteiger partial charge in [-0.25, -0.2) is 8.42 Å². The summed E-state index contributed by atoms with van der Waals surface area (Å²) in [7, 11) is -11.8. The SMILES string of the molecule is CCCC.O=[PH](O)OC(O[PH](=O)O)S(=O)(=O)c1ccc2ccccc2c1. The number of hydrogen-bond donors (Lipinski definition) is 2. The third-order valence-electron chi connectivity index (χ3n) is 3.20. The largest absolute Gasteiger partial charge is 0.326 e. The first kappa shape index (κ1) is 23.0. The van der Waals surface area contributed by atoms with E-state index >= 15 is 0 Å². The van der Waals surface area contributed by atoms with Crippen molar-refractivity contribution in [1.82, 2.24) is 0 Å². The van der Waals surface area contributed by atoms with Gasteiger partial charge in [-0.2, -0.15) is 0 Å². The molecule has 8 nitrogen and oxygen atoms in total. The average molecular weight is 424 g/mol. The van der Waals surface area contributed by atoms with Crippen LogP contribution in [0.25, 0.3) is 10.8 Å². The second kappa shape index (κ2) is 10.9. The van der Waals surface area contributed by atoms with Gasteiger partial charge in [0.25, 0.3) is 5.62 Å². The highest BCUT2D eigenvalue weighted by Gasteiger charge is 2.32. The van der Waals surface area contributed by atoms with Crippen molar-refractivity contribution in [2.24, 2.45) is 0 Å². The van der Waals surface area contributed by atoms with E-state index in [1.54, 1.807) is 24.3 Å². The van der Waals surface area contributed by atoms with Gasteiger partial charge < -0.3 is 9.79 Å². The maximum Gasteiger partial charge on any atom is 0.319 e. The number of unbranched alkanes of at least 4 members (excludes halogenated alkanes) is 1. The third kappa shape index (κ3) is 6.93. The van der Waals surface area contributed by atoms with E-state index in [2.05, 4.69) is 22.9 Å². The Labute approximate surface area is 153 Å². The van der Waals surface area contributed by atoms with E-state index < -0.39 is 32.0 Å². The molecule has 0 bridgehead atoms. The van der Waals surface area contributed by atoms with E-state index in [9.17, 15) is 17.5 Å². The van der Waals surface area contributed by atoms with E-state index in [0.717, 1.165) is 5.39 Å². The van der Waals surface area contributed by atoms with Gasteiger partial charge in [-0.05, 0) is 22.9 Å². The van der Waals surface area contributed by atoms with Crippen LogP contribution in [0.15, 0.2) is 47.4 Å². The van der Waals surface area contributed by atoms with Gasteiger partial charge in [0.2, 0.25) is 9.84 Å². The van der Waals surface area contributed by atoms with Gasteiger partial charge in [0.1, 0.15) is 0 Å². The molecular formula is C15H22O8P2S. The van der Waals surface area contributed by atoms with Crippen molar-refractivity contribution < 1.29 is 36.4 Å². The summed E-state index contributed by atoms with van der Waals surface area (Å²) >= 11 is 0. The standard InChI is InChI=1S/C11H12O8P2S.C4H10/c12-20(13)18-11(19-21(14)15)22(16,17)10-6-5-8-3-1-2-4-9(8)7-10;1-3-4-2/h1-7,11,20-21H,(H,12,13)(H,14,15);3-4H2,1-2H3. The van der Waals surface area contributed by atoms with Crippen LogP contribution in [0, 0.1) is 0 Å². The van der Waals surface area contributed by atoms with Gasteiger partial charge in [-0.1, -0.05) is 57.0 Å². The third-order valence-corrected chi connectivity index (χ3v) is 5.98. The van der Waals surface area contributed by atoms with Crippen LogP contribution in [0.2, 0.25) is 0 Å². The molecule has 0 aliphatic carbocycles. The Hall–Kier alpha value is -1.05. The maximum atomic E-state index is 12.3. The van der Waals surface area contributed by atoms with Gasteiger partial charge in [0, 0.05) is 0 Å². The van der Waals surface area contributed by atoms with Crippen molar-refractivity contribution in [1.29, 1.82) is 0 Å². The molecule has 2 N–H and O–H groups in total. The zero-order chi connectivity index (χ0) is 19.7. The van der Waals surface area contributed by atoms with Crippen LogP contribution < -0.4 is 0 Å². The molecular weight excluding hydrogens is 402 g/mol. The second-order valence-corrected chi connectivity index (χ2v) is 8.59. The number of benzene rings is 2. The summed E-state index contributed by atoms with van der Waals surface area (Å²) in [5.41, 5.74) is -2.33. The fraction of sp³-hybridized carbons (Fsp3) is 0.333. The molecule has 0 heterocycles. The molecule has 26 heavy (non-hydrogen) atoms. The molecule has 0 aromatic heterocycles. The van der Waals surface area contributed by atoms with Crippen molar-refractivity contribution in [2.75, 3.05) is 0 Å². The molecule has 0 aliphatic heterocycles. The summed E-state index contributed by atoms with van der Waals surface area (Å²) in [4.78, 5) is 17.2. The van der Waals surface area contributed by atoms with Gasteiger partial charge in [-0.15, -0.1) is 0 Å². The lowest BCUT2D eigenvalue weighted by Gasteiger charge is -2.15. The molecule has 0 fully saturated rings. The minimum Gasteiger partial charge on any atom is -0.326 e. The molecule has 0 amide bonds. The van der Waals surface area contributed by atoms with Crippen molar-refractivity contribution in [3.8, 4) is 0 Å². The molecule has 11 heteroatoms. The summed E-state index contributed by atoms with van der Waals surface area (Å²) in [6, 6.07) is 11.0. The molecule has 0 saturated heterocycles. The highest BCUT2D eigenvalue weighted by molar-refractivity contribution is 7.92. The fourth-order valence-corrected chi connectivity index (χ4v) is 4.57. The van der Waals surface area contributed by atoms with Crippen molar-refractivity contribution in [3.05, 3.63) is 42.5 Å². The molecule has 2 rings (SSSR count). The summed E-state index contributed by atoms with van der Waals surface area (Å²) in [6.07, 6.45) is 2.64. The van der Waals surface area contributed by atoms with Crippen molar-refractivity contribution in [2.45, 2.75) is 37.2 Å². The molecule has 0 saturated carbocycles. The Kier molecular flexibility index (Phi) is 9.68. The molecule has 2 aromatic rings. The van der Waals surface area contributed by atoms with Crippen LogP contribution >= 0.6 is 16.5 Å². The minimum absolute atomic E-state index is 0.261. The van der Waals surface area contributed by atoms with Gasteiger partial charge in [-0.3, -0.25) is 18.2 Å². The quantitative estimate of drug-likeness (QED) is 0.511. The fourth-order valence-electron chi connectivity index (χ4n) is 1.77. The first-order chi connectivity index (χ1) is 12.2. The monoisotopic (exact) mass is 424 g/mol. The molecule has 2 atom stereocenters. The average Bonchev–Trinajstić information content (AvgIpc) is 2.60. The van der Waals surface area contributed by atoms with Crippen molar-refractivity contribution in [3.63, 3.8) is 0 Å². The Morgan fingerprint density at radius 1 is 0.923 bits per heavy atom. The number of sulfone groups is 1. The number of fused-ring (bicyclic) bond motifs is 1. The van der Waals surface area contributed by atoms with E-state index in [1.807, 2.05) is 0 Å². The summed E-state index contributed by atoms with van der Waals surface area (Å²) < 4.78 is 54.6. The first-order valence-electron chi connectivity index (χ1n) is 7.74.